The Morgan fingerprint density at radius 2 is 1.88 bits per heavy atom. The highest BCUT2D eigenvalue weighted by molar-refractivity contribution is 14.0. The lowest BCUT2D eigenvalue weighted by atomic mass is 10.1. The number of guanidine groups is 1. The number of benzene rings is 2. The molecule has 26 heavy (non-hydrogen) atoms. The summed E-state index contributed by atoms with van der Waals surface area (Å²) in [6, 6.07) is 12.9. The third-order valence-electron chi connectivity index (χ3n) is 4.21. The van der Waals surface area contributed by atoms with Crippen molar-refractivity contribution in [2.75, 3.05) is 13.6 Å². The van der Waals surface area contributed by atoms with Crippen molar-refractivity contribution in [3.63, 3.8) is 0 Å². The minimum Gasteiger partial charge on any atom is -0.361 e. The van der Waals surface area contributed by atoms with Gasteiger partial charge in [0.15, 0.2) is 5.96 Å². The SMILES string of the molecule is CN=C(NCCc1c[nH]c2cc(C)ccc12)NCc1ccc(F)cc1.I. The molecule has 0 aliphatic rings. The maximum absolute atomic E-state index is 12.9. The van der Waals surface area contributed by atoms with Crippen molar-refractivity contribution < 1.29 is 4.39 Å². The monoisotopic (exact) mass is 466 g/mol. The van der Waals surface area contributed by atoms with Crippen LogP contribution in [0.5, 0.6) is 0 Å². The van der Waals surface area contributed by atoms with E-state index in [4.69, 9.17) is 0 Å². The normalized spacial score (nSPS) is 11.3. The van der Waals surface area contributed by atoms with Crippen LogP contribution >= 0.6 is 24.0 Å². The lowest BCUT2D eigenvalue weighted by molar-refractivity contribution is 0.626. The Kier molecular flexibility index (Phi) is 7.44. The number of hydrogen-bond acceptors (Lipinski definition) is 1. The molecule has 3 aromatic rings. The molecule has 0 aliphatic carbocycles. The van der Waals surface area contributed by atoms with Gasteiger partial charge in [-0.1, -0.05) is 24.3 Å². The van der Waals surface area contributed by atoms with Gasteiger partial charge in [-0.3, -0.25) is 4.99 Å². The zero-order valence-electron chi connectivity index (χ0n) is 15.0. The average Bonchev–Trinajstić information content (AvgIpc) is 3.01. The number of aryl methyl sites for hydroxylation is 1. The Hall–Kier alpha value is -2.09. The second kappa shape index (κ2) is 9.56. The molecular weight excluding hydrogens is 442 g/mol. The minimum atomic E-state index is -0.222. The lowest BCUT2D eigenvalue weighted by Gasteiger charge is -2.12. The summed E-state index contributed by atoms with van der Waals surface area (Å²) >= 11 is 0. The molecule has 0 atom stereocenters. The van der Waals surface area contributed by atoms with Gasteiger partial charge in [-0.05, 0) is 48.2 Å². The number of fused-ring (bicyclic) bond motifs is 1. The Morgan fingerprint density at radius 3 is 2.62 bits per heavy atom. The lowest BCUT2D eigenvalue weighted by Crippen LogP contribution is -2.37. The van der Waals surface area contributed by atoms with Crippen molar-refractivity contribution in [1.82, 2.24) is 15.6 Å². The van der Waals surface area contributed by atoms with E-state index in [2.05, 4.69) is 51.9 Å². The van der Waals surface area contributed by atoms with Crippen LogP contribution in [-0.4, -0.2) is 24.5 Å². The summed E-state index contributed by atoms with van der Waals surface area (Å²) < 4.78 is 12.9. The third-order valence-corrected chi connectivity index (χ3v) is 4.21. The van der Waals surface area contributed by atoms with Crippen molar-refractivity contribution in [3.8, 4) is 0 Å². The average molecular weight is 466 g/mol. The highest BCUT2D eigenvalue weighted by Gasteiger charge is 2.04. The first-order valence-electron chi connectivity index (χ1n) is 8.41. The van der Waals surface area contributed by atoms with Crippen molar-refractivity contribution in [1.29, 1.82) is 0 Å². The highest BCUT2D eigenvalue weighted by atomic mass is 127. The van der Waals surface area contributed by atoms with Crippen molar-refractivity contribution >= 4 is 40.8 Å². The molecule has 1 heterocycles. The summed E-state index contributed by atoms with van der Waals surface area (Å²) in [5.41, 5.74) is 4.73. The molecule has 0 saturated heterocycles. The van der Waals surface area contributed by atoms with Crippen molar-refractivity contribution in [2.45, 2.75) is 19.9 Å². The van der Waals surface area contributed by atoms with Gasteiger partial charge in [0.05, 0.1) is 0 Å². The largest absolute Gasteiger partial charge is 0.361 e. The Morgan fingerprint density at radius 1 is 1.12 bits per heavy atom. The van der Waals surface area contributed by atoms with Crippen molar-refractivity contribution in [2.24, 2.45) is 4.99 Å². The smallest absolute Gasteiger partial charge is 0.191 e. The molecule has 0 amide bonds. The summed E-state index contributed by atoms with van der Waals surface area (Å²) in [7, 11) is 1.74. The molecule has 2 aromatic carbocycles. The molecule has 0 aliphatic heterocycles. The summed E-state index contributed by atoms with van der Waals surface area (Å²) in [6.45, 7) is 3.48. The first-order chi connectivity index (χ1) is 12.2. The third kappa shape index (κ3) is 5.20. The van der Waals surface area contributed by atoms with Crippen LogP contribution in [0.3, 0.4) is 0 Å². The summed E-state index contributed by atoms with van der Waals surface area (Å²) in [4.78, 5) is 7.55. The number of aliphatic imine (C=N–C) groups is 1. The molecule has 3 rings (SSSR count). The van der Waals surface area contributed by atoms with Gasteiger partial charge >= 0.3 is 0 Å². The van der Waals surface area contributed by atoms with E-state index >= 15 is 0 Å². The Bertz CT molecular complexity index is 871. The quantitative estimate of drug-likeness (QED) is 0.301. The Labute approximate surface area is 170 Å². The molecular formula is C20H24FIN4. The number of aromatic amines is 1. The van der Waals surface area contributed by atoms with Gasteiger partial charge in [-0.25, -0.2) is 4.39 Å². The van der Waals surface area contributed by atoms with Crippen LogP contribution < -0.4 is 10.6 Å². The van der Waals surface area contributed by atoms with Crippen LogP contribution in [0.15, 0.2) is 53.7 Å². The molecule has 6 heteroatoms. The van der Waals surface area contributed by atoms with Gasteiger partial charge in [0.1, 0.15) is 5.82 Å². The van der Waals surface area contributed by atoms with Crippen LogP contribution in [0.2, 0.25) is 0 Å². The highest BCUT2D eigenvalue weighted by Crippen LogP contribution is 2.19. The van der Waals surface area contributed by atoms with Gasteiger partial charge in [-0.2, -0.15) is 0 Å². The van der Waals surface area contributed by atoms with Crippen LogP contribution in [0.1, 0.15) is 16.7 Å². The van der Waals surface area contributed by atoms with Gasteiger partial charge in [0.2, 0.25) is 0 Å². The summed E-state index contributed by atoms with van der Waals surface area (Å²) in [6.07, 6.45) is 2.97. The molecule has 1 aromatic heterocycles. The standard InChI is InChI=1S/C20H23FN4.HI/c1-14-3-8-18-16(13-24-19(18)11-14)9-10-23-20(22-2)25-12-15-4-6-17(21)7-5-15;/h3-8,11,13,24H,9-10,12H2,1-2H3,(H2,22,23,25);1H. The van der Waals surface area contributed by atoms with E-state index < -0.39 is 0 Å². The molecule has 138 valence electrons. The van der Waals surface area contributed by atoms with Crippen molar-refractivity contribution in [3.05, 3.63) is 71.2 Å². The van der Waals surface area contributed by atoms with Gasteiger partial charge in [-0.15, -0.1) is 24.0 Å². The number of halogens is 2. The van der Waals surface area contributed by atoms with E-state index in [1.807, 2.05) is 0 Å². The fraction of sp³-hybridized carbons (Fsp3) is 0.250. The van der Waals surface area contributed by atoms with E-state index in [9.17, 15) is 4.39 Å². The summed E-state index contributed by atoms with van der Waals surface area (Å²) in [5.74, 6) is 0.514. The topological polar surface area (TPSA) is 52.2 Å². The van der Waals surface area contributed by atoms with E-state index in [0.29, 0.717) is 6.54 Å². The molecule has 0 radical (unpaired) electrons. The molecule has 0 saturated carbocycles. The molecule has 0 spiro atoms. The van der Waals surface area contributed by atoms with E-state index in [-0.39, 0.29) is 29.8 Å². The maximum Gasteiger partial charge on any atom is 0.191 e. The van der Waals surface area contributed by atoms with Crippen LogP contribution in [-0.2, 0) is 13.0 Å². The molecule has 3 N–H and O–H groups in total. The van der Waals surface area contributed by atoms with Gasteiger partial charge in [0.25, 0.3) is 0 Å². The number of nitrogens with zero attached hydrogens (tertiary/aromatic N) is 1. The number of hydrogen-bond donors (Lipinski definition) is 3. The zero-order chi connectivity index (χ0) is 17.6. The zero-order valence-corrected chi connectivity index (χ0v) is 17.3. The first kappa shape index (κ1) is 20.2. The Balaban J connectivity index is 0.00000243. The van der Waals surface area contributed by atoms with Crippen LogP contribution in [0.25, 0.3) is 10.9 Å². The predicted octanol–water partition coefficient (Wildman–Crippen LogP) is 4.14. The van der Waals surface area contributed by atoms with Gasteiger partial charge in [0, 0.05) is 37.2 Å². The van der Waals surface area contributed by atoms with Gasteiger partial charge < -0.3 is 15.6 Å². The minimum absolute atomic E-state index is 0. The van der Waals surface area contributed by atoms with Crippen LogP contribution in [0.4, 0.5) is 4.39 Å². The van der Waals surface area contributed by atoms with Crippen LogP contribution in [0, 0.1) is 12.7 Å². The first-order valence-corrected chi connectivity index (χ1v) is 8.41. The number of nitrogens with one attached hydrogen (secondary N) is 3. The number of aromatic nitrogens is 1. The fourth-order valence-corrected chi connectivity index (χ4v) is 2.83. The molecule has 4 nitrogen and oxygen atoms in total. The second-order valence-corrected chi connectivity index (χ2v) is 6.09. The fourth-order valence-electron chi connectivity index (χ4n) is 2.83. The van der Waals surface area contributed by atoms with E-state index in [1.54, 1.807) is 19.2 Å². The maximum atomic E-state index is 12.9. The predicted molar refractivity (Wildman–Crippen MR) is 117 cm³/mol. The second-order valence-electron chi connectivity index (χ2n) is 6.09. The number of rotatable bonds is 5. The molecule has 0 unspecified atom stereocenters. The molecule has 0 bridgehead atoms. The van der Waals surface area contributed by atoms with E-state index in [1.165, 1.54) is 34.2 Å². The summed E-state index contributed by atoms with van der Waals surface area (Å²) in [5, 5.41) is 7.82. The van der Waals surface area contributed by atoms with E-state index in [0.717, 1.165) is 24.5 Å². The number of H-pyrrole nitrogens is 1. The molecule has 0 fully saturated rings.